The minimum atomic E-state index is 0.616. The van der Waals surface area contributed by atoms with Gasteiger partial charge in [0.1, 0.15) is 0 Å². The summed E-state index contributed by atoms with van der Waals surface area (Å²) in [4.78, 5) is 3.32. The maximum absolute atomic E-state index is 5.66. The number of fused-ring (bicyclic) bond motifs is 1. The topological polar surface area (TPSA) is 46.3 Å². The molecule has 25 heavy (non-hydrogen) atoms. The lowest BCUT2D eigenvalue weighted by atomic mass is 10.1. The Morgan fingerprint density at radius 1 is 1.12 bits per heavy atom. The van der Waals surface area contributed by atoms with Crippen molar-refractivity contribution in [1.82, 2.24) is 10.3 Å². The fraction of sp³-hybridized carbons (Fsp3) is 0.300. The summed E-state index contributed by atoms with van der Waals surface area (Å²) in [5.41, 5.74) is 3.69. The first-order valence-electron chi connectivity index (χ1n) is 8.47. The first-order valence-corrected chi connectivity index (χ1v) is 9.27. The summed E-state index contributed by atoms with van der Waals surface area (Å²) in [7, 11) is 1.66. The van der Waals surface area contributed by atoms with Crippen LogP contribution in [0.3, 0.4) is 0 Å². The van der Waals surface area contributed by atoms with Crippen LogP contribution in [0.4, 0.5) is 0 Å². The molecule has 1 heterocycles. The zero-order valence-electron chi connectivity index (χ0n) is 14.6. The molecule has 2 N–H and O–H groups in total. The molecule has 0 atom stereocenters. The summed E-state index contributed by atoms with van der Waals surface area (Å²) < 4.78 is 12.1. The van der Waals surface area contributed by atoms with E-state index in [0.29, 0.717) is 6.61 Å². The van der Waals surface area contributed by atoms with Crippen LogP contribution in [-0.2, 0) is 13.0 Å². The van der Waals surface area contributed by atoms with E-state index >= 15 is 0 Å². The number of para-hydroxylation sites is 1. The van der Waals surface area contributed by atoms with Crippen molar-refractivity contribution in [3.8, 4) is 11.5 Å². The average Bonchev–Trinajstić information content (AvgIpc) is 3.04. The minimum Gasteiger partial charge on any atom is -0.493 e. The summed E-state index contributed by atoms with van der Waals surface area (Å²) in [6.07, 6.45) is 3.08. The third-order valence-corrected chi connectivity index (χ3v) is 4.93. The van der Waals surface area contributed by atoms with E-state index in [1.807, 2.05) is 19.1 Å². The molecule has 3 rings (SSSR count). The Labute approximate surface area is 156 Å². The number of rotatable bonds is 8. The predicted octanol–water partition coefficient (Wildman–Crippen LogP) is 4.67. The molecule has 3 aromatic rings. The molecule has 0 unspecified atom stereocenters. The van der Waals surface area contributed by atoms with Crippen molar-refractivity contribution in [1.29, 1.82) is 0 Å². The van der Waals surface area contributed by atoms with Gasteiger partial charge in [-0.3, -0.25) is 0 Å². The largest absolute Gasteiger partial charge is 0.493 e. The molecule has 0 aliphatic carbocycles. The molecular formula is C20H23BrN2O2. The van der Waals surface area contributed by atoms with E-state index in [-0.39, 0.29) is 0 Å². The first kappa shape index (κ1) is 17.8. The molecule has 0 fully saturated rings. The Hall–Kier alpha value is -1.98. The van der Waals surface area contributed by atoms with E-state index in [9.17, 15) is 0 Å². The zero-order chi connectivity index (χ0) is 17.6. The highest BCUT2D eigenvalue weighted by molar-refractivity contribution is 9.10. The molecule has 1 aromatic heterocycles. The smallest absolute Gasteiger partial charge is 0.161 e. The number of halogens is 1. The number of hydrogen-bond donors (Lipinski definition) is 2. The highest BCUT2D eigenvalue weighted by Gasteiger charge is 2.10. The SMILES string of the molecule is CCOc1cc(CNCCc2c[nH]c3ccccc23)c(Br)cc1OC. The number of H-pyrrole nitrogens is 1. The molecule has 0 radical (unpaired) electrons. The summed E-state index contributed by atoms with van der Waals surface area (Å²) in [6, 6.07) is 12.4. The molecule has 0 bridgehead atoms. The van der Waals surface area contributed by atoms with Crippen LogP contribution in [0.5, 0.6) is 11.5 Å². The zero-order valence-corrected chi connectivity index (χ0v) is 16.2. The minimum absolute atomic E-state index is 0.616. The van der Waals surface area contributed by atoms with Gasteiger partial charge in [-0.05, 0) is 49.2 Å². The number of nitrogens with one attached hydrogen (secondary N) is 2. The normalized spacial score (nSPS) is 11.0. The Bertz CT molecular complexity index is 845. The monoisotopic (exact) mass is 402 g/mol. The maximum atomic E-state index is 5.66. The molecule has 5 heteroatoms. The van der Waals surface area contributed by atoms with Crippen LogP contribution in [0.2, 0.25) is 0 Å². The Kier molecular flexibility index (Phi) is 6.00. The number of benzene rings is 2. The van der Waals surface area contributed by atoms with Gasteiger partial charge in [0.05, 0.1) is 13.7 Å². The Morgan fingerprint density at radius 3 is 2.76 bits per heavy atom. The molecule has 0 saturated carbocycles. The third-order valence-electron chi connectivity index (χ3n) is 4.19. The molecule has 0 aliphatic heterocycles. The van der Waals surface area contributed by atoms with E-state index in [1.54, 1.807) is 7.11 Å². The molecule has 4 nitrogen and oxygen atoms in total. The van der Waals surface area contributed by atoms with Gasteiger partial charge in [-0.2, -0.15) is 0 Å². The van der Waals surface area contributed by atoms with Crippen LogP contribution in [0.15, 0.2) is 47.1 Å². The highest BCUT2D eigenvalue weighted by Crippen LogP contribution is 2.33. The predicted molar refractivity (Wildman–Crippen MR) is 106 cm³/mol. The summed E-state index contributed by atoms with van der Waals surface area (Å²) in [6.45, 7) is 4.27. The molecule has 0 spiro atoms. The standard InChI is InChI=1S/C20H23BrN2O2/c1-3-25-20-10-15(17(21)11-19(20)24-2)12-22-9-8-14-13-23-18-7-5-4-6-16(14)18/h4-7,10-11,13,22-23H,3,8-9,12H2,1-2H3. The average molecular weight is 403 g/mol. The lowest BCUT2D eigenvalue weighted by molar-refractivity contribution is 0.310. The van der Waals surface area contributed by atoms with Gasteiger partial charge in [-0.15, -0.1) is 0 Å². The van der Waals surface area contributed by atoms with Crippen LogP contribution in [0.25, 0.3) is 10.9 Å². The van der Waals surface area contributed by atoms with E-state index in [0.717, 1.165) is 41.0 Å². The van der Waals surface area contributed by atoms with E-state index in [1.165, 1.54) is 16.5 Å². The molecule has 0 aliphatic rings. The van der Waals surface area contributed by atoms with Crippen LogP contribution in [0, 0.1) is 0 Å². The van der Waals surface area contributed by atoms with Gasteiger partial charge in [0, 0.05) is 28.1 Å². The van der Waals surface area contributed by atoms with Crippen LogP contribution < -0.4 is 14.8 Å². The second-order valence-corrected chi connectivity index (χ2v) is 6.67. The lowest BCUT2D eigenvalue weighted by Gasteiger charge is -2.13. The van der Waals surface area contributed by atoms with Gasteiger partial charge in [-0.1, -0.05) is 34.1 Å². The van der Waals surface area contributed by atoms with Gasteiger partial charge >= 0.3 is 0 Å². The van der Waals surface area contributed by atoms with Crippen molar-refractivity contribution < 1.29 is 9.47 Å². The maximum Gasteiger partial charge on any atom is 0.161 e. The fourth-order valence-corrected chi connectivity index (χ4v) is 3.39. The van der Waals surface area contributed by atoms with Crippen molar-refractivity contribution in [2.24, 2.45) is 0 Å². The molecule has 0 saturated heterocycles. The van der Waals surface area contributed by atoms with Crippen LogP contribution >= 0.6 is 15.9 Å². The number of methoxy groups -OCH3 is 1. The van der Waals surface area contributed by atoms with Gasteiger partial charge < -0.3 is 19.8 Å². The number of aromatic amines is 1. The van der Waals surface area contributed by atoms with Crippen molar-refractivity contribution >= 4 is 26.8 Å². The number of ether oxygens (including phenoxy) is 2. The number of aromatic nitrogens is 1. The Balaban J connectivity index is 1.61. The van der Waals surface area contributed by atoms with E-state index < -0.39 is 0 Å². The fourth-order valence-electron chi connectivity index (χ4n) is 2.93. The van der Waals surface area contributed by atoms with Crippen molar-refractivity contribution in [2.45, 2.75) is 19.9 Å². The first-order chi connectivity index (χ1) is 12.2. The van der Waals surface area contributed by atoms with Gasteiger partial charge in [-0.25, -0.2) is 0 Å². The van der Waals surface area contributed by atoms with Crippen molar-refractivity contribution in [2.75, 3.05) is 20.3 Å². The van der Waals surface area contributed by atoms with Gasteiger partial charge in [0.25, 0.3) is 0 Å². The van der Waals surface area contributed by atoms with Crippen LogP contribution in [0.1, 0.15) is 18.1 Å². The van der Waals surface area contributed by atoms with Crippen molar-refractivity contribution in [3.05, 3.63) is 58.2 Å². The quantitative estimate of drug-likeness (QED) is 0.538. The number of hydrogen-bond acceptors (Lipinski definition) is 3. The second kappa shape index (κ2) is 8.41. The van der Waals surface area contributed by atoms with Crippen molar-refractivity contribution in [3.63, 3.8) is 0 Å². The highest BCUT2D eigenvalue weighted by atomic mass is 79.9. The molecule has 0 amide bonds. The summed E-state index contributed by atoms with van der Waals surface area (Å²) in [5.74, 6) is 1.53. The molecule has 132 valence electrons. The van der Waals surface area contributed by atoms with Gasteiger partial charge in [0.15, 0.2) is 11.5 Å². The molecular weight excluding hydrogens is 380 g/mol. The lowest BCUT2D eigenvalue weighted by Crippen LogP contribution is -2.17. The summed E-state index contributed by atoms with van der Waals surface area (Å²) >= 11 is 3.62. The second-order valence-electron chi connectivity index (χ2n) is 5.81. The summed E-state index contributed by atoms with van der Waals surface area (Å²) in [5, 5.41) is 4.81. The van der Waals surface area contributed by atoms with Crippen LogP contribution in [-0.4, -0.2) is 25.2 Å². The van der Waals surface area contributed by atoms with Gasteiger partial charge in [0.2, 0.25) is 0 Å². The third kappa shape index (κ3) is 4.17. The van der Waals surface area contributed by atoms with E-state index in [4.69, 9.17) is 9.47 Å². The molecule has 2 aromatic carbocycles. The Morgan fingerprint density at radius 2 is 1.96 bits per heavy atom. The van der Waals surface area contributed by atoms with E-state index in [2.05, 4.69) is 56.7 Å².